The fraction of sp³-hybridized carbons (Fsp3) is 0.167. The van der Waals surface area contributed by atoms with Crippen molar-refractivity contribution >= 4 is 11.3 Å². The van der Waals surface area contributed by atoms with Crippen LogP contribution in [0.1, 0.15) is 5.56 Å². The molecule has 1 aliphatic heterocycles. The highest BCUT2D eigenvalue weighted by Gasteiger charge is 2.16. The number of nitrogens with one attached hydrogen (secondary N) is 1. The van der Waals surface area contributed by atoms with E-state index >= 15 is 0 Å². The first-order valence-corrected chi connectivity index (χ1v) is 4.78. The minimum atomic E-state index is 0.482. The number of hydrogen-bond donors (Lipinski definition) is 1. The monoisotopic (exact) mass is 199 g/mol. The minimum absolute atomic E-state index is 0.482. The van der Waals surface area contributed by atoms with Crippen LogP contribution in [0.5, 0.6) is 0 Å². The molecule has 0 atom stereocenters. The van der Waals surface area contributed by atoms with E-state index in [1.54, 1.807) is 12.4 Å². The van der Waals surface area contributed by atoms with Crippen molar-refractivity contribution in [2.45, 2.75) is 0 Å². The molecule has 1 N–H and O–H groups in total. The van der Waals surface area contributed by atoms with Crippen LogP contribution in [0.3, 0.4) is 0 Å². The molecule has 1 aliphatic rings. The van der Waals surface area contributed by atoms with Crippen molar-refractivity contribution < 1.29 is 0 Å². The fourth-order valence-electron chi connectivity index (χ4n) is 1.60. The third-order valence-corrected chi connectivity index (χ3v) is 2.55. The Bertz CT molecular complexity index is 431. The van der Waals surface area contributed by atoms with Gasteiger partial charge in [-0.25, -0.2) is 0 Å². The molecule has 76 valence electrons. The lowest BCUT2D eigenvalue weighted by Crippen LogP contribution is -2.28. The summed E-state index contributed by atoms with van der Waals surface area (Å²) in [6, 6.07) is 3.92. The van der Waals surface area contributed by atoms with Crippen LogP contribution in [-0.2, 0) is 0 Å². The zero-order chi connectivity index (χ0) is 10.8. The van der Waals surface area contributed by atoms with E-state index in [0.717, 1.165) is 23.4 Å². The number of nitrogens with zero attached hydrogens (tertiary/aromatic N) is 2. The third kappa shape index (κ3) is 1.81. The average Bonchev–Trinajstić information content (AvgIpc) is 2.26. The van der Waals surface area contributed by atoms with Crippen LogP contribution in [0.15, 0.2) is 42.9 Å². The second-order valence-electron chi connectivity index (χ2n) is 3.62. The molecule has 1 aromatic rings. The lowest BCUT2D eigenvalue weighted by atomic mass is 10.0. The van der Waals surface area contributed by atoms with Gasteiger partial charge in [0.25, 0.3) is 0 Å². The number of aromatic nitrogens is 1. The Morgan fingerprint density at radius 3 is 2.67 bits per heavy atom. The van der Waals surface area contributed by atoms with Gasteiger partial charge in [-0.05, 0) is 29.3 Å². The molecule has 15 heavy (non-hydrogen) atoms. The molecule has 0 spiro atoms. The molecule has 3 heteroatoms. The highest BCUT2D eigenvalue weighted by atomic mass is 15.1. The summed E-state index contributed by atoms with van der Waals surface area (Å²) in [5.74, 6) is 0. The molecule has 0 aliphatic carbocycles. The first-order valence-electron chi connectivity index (χ1n) is 4.78. The number of likely N-dealkylation sites (N-methyl/N-ethyl adjacent to an activating group) is 1. The maximum absolute atomic E-state index is 7.77. The lowest BCUT2D eigenvalue weighted by Gasteiger charge is -2.27. The second-order valence-corrected chi connectivity index (χ2v) is 3.62. The molecule has 0 radical (unpaired) electrons. The van der Waals surface area contributed by atoms with E-state index in [-0.39, 0.29) is 0 Å². The smallest absolute Gasteiger partial charge is 0.0770 e. The van der Waals surface area contributed by atoms with Gasteiger partial charge >= 0.3 is 0 Å². The van der Waals surface area contributed by atoms with E-state index in [1.807, 2.05) is 30.2 Å². The molecule has 0 saturated heterocycles. The topological polar surface area (TPSA) is 40.0 Å². The summed E-state index contributed by atoms with van der Waals surface area (Å²) in [5, 5.41) is 7.77. The van der Waals surface area contributed by atoms with Gasteiger partial charge in [0.1, 0.15) is 0 Å². The van der Waals surface area contributed by atoms with Gasteiger partial charge in [0.05, 0.1) is 11.4 Å². The summed E-state index contributed by atoms with van der Waals surface area (Å²) >= 11 is 0. The Kier molecular flexibility index (Phi) is 2.37. The predicted octanol–water partition coefficient (Wildman–Crippen LogP) is 1.94. The molecule has 0 amide bonds. The summed E-state index contributed by atoms with van der Waals surface area (Å²) in [6.07, 6.45) is 5.41. The molecule has 1 aromatic heterocycles. The zero-order valence-corrected chi connectivity index (χ0v) is 8.70. The van der Waals surface area contributed by atoms with Crippen molar-refractivity contribution in [2.75, 3.05) is 13.6 Å². The summed E-state index contributed by atoms with van der Waals surface area (Å²) in [6.45, 7) is 4.65. The zero-order valence-electron chi connectivity index (χ0n) is 8.70. The minimum Gasteiger partial charge on any atom is -0.369 e. The standard InChI is InChI=1S/C12H13N3/c1-9-12(13)7-11(8-15(9)2)10-3-5-14-6-4-10/h3-7,13H,1,8H2,2H3. The maximum Gasteiger partial charge on any atom is 0.0770 e. The van der Waals surface area contributed by atoms with Crippen molar-refractivity contribution in [3.63, 3.8) is 0 Å². The van der Waals surface area contributed by atoms with E-state index < -0.39 is 0 Å². The maximum atomic E-state index is 7.77. The number of rotatable bonds is 1. The van der Waals surface area contributed by atoms with E-state index in [4.69, 9.17) is 5.41 Å². The molecule has 2 heterocycles. The van der Waals surface area contributed by atoms with Crippen LogP contribution in [0.25, 0.3) is 5.57 Å². The molecule has 0 bridgehead atoms. The summed E-state index contributed by atoms with van der Waals surface area (Å²) < 4.78 is 0. The lowest BCUT2D eigenvalue weighted by molar-refractivity contribution is 0.492. The summed E-state index contributed by atoms with van der Waals surface area (Å²) in [4.78, 5) is 5.97. The largest absolute Gasteiger partial charge is 0.369 e. The first-order chi connectivity index (χ1) is 7.18. The van der Waals surface area contributed by atoms with Crippen molar-refractivity contribution in [1.82, 2.24) is 9.88 Å². The van der Waals surface area contributed by atoms with E-state index in [9.17, 15) is 0 Å². The van der Waals surface area contributed by atoms with Crippen molar-refractivity contribution in [2.24, 2.45) is 0 Å². The van der Waals surface area contributed by atoms with Crippen molar-refractivity contribution in [1.29, 1.82) is 5.41 Å². The third-order valence-electron chi connectivity index (χ3n) is 2.55. The molecule has 0 aromatic carbocycles. The Hall–Kier alpha value is -1.90. The van der Waals surface area contributed by atoms with Gasteiger partial charge < -0.3 is 4.90 Å². The van der Waals surface area contributed by atoms with Crippen LogP contribution < -0.4 is 0 Å². The SMILES string of the molecule is C=C1C(=N)C=C(c2ccncc2)CN1C. The number of hydrogen-bond acceptors (Lipinski definition) is 3. The Balaban J connectivity index is 2.36. The fourth-order valence-corrected chi connectivity index (χ4v) is 1.60. The van der Waals surface area contributed by atoms with E-state index in [2.05, 4.69) is 11.6 Å². The van der Waals surface area contributed by atoms with Crippen LogP contribution in [0.2, 0.25) is 0 Å². The van der Waals surface area contributed by atoms with Gasteiger partial charge in [-0.3, -0.25) is 10.4 Å². The first kappa shape index (κ1) is 9.65. The van der Waals surface area contributed by atoms with Gasteiger partial charge in [0, 0.05) is 26.0 Å². The van der Waals surface area contributed by atoms with Crippen LogP contribution >= 0.6 is 0 Å². The molecule has 0 fully saturated rings. The van der Waals surface area contributed by atoms with Gasteiger partial charge in [0.2, 0.25) is 0 Å². The average molecular weight is 199 g/mol. The molecule has 3 nitrogen and oxygen atoms in total. The molecule has 0 unspecified atom stereocenters. The predicted molar refractivity (Wildman–Crippen MR) is 61.7 cm³/mol. The molecule has 2 rings (SSSR count). The molecular formula is C12H13N3. The second kappa shape index (κ2) is 3.69. The van der Waals surface area contributed by atoms with Gasteiger partial charge in [-0.2, -0.15) is 0 Å². The normalized spacial score (nSPS) is 16.6. The Morgan fingerprint density at radius 2 is 2.07 bits per heavy atom. The van der Waals surface area contributed by atoms with Crippen LogP contribution in [0.4, 0.5) is 0 Å². The van der Waals surface area contributed by atoms with Crippen molar-refractivity contribution in [3.8, 4) is 0 Å². The van der Waals surface area contributed by atoms with Crippen molar-refractivity contribution in [3.05, 3.63) is 48.4 Å². The van der Waals surface area contributed by atoms with Gasteiger partial charge in [-0.15, -0.1) is 0 Å². The highest BCUT2D eigenvalue weighted by Crippen LogP contribution is 2.21. The quantitative estimate of drug-likeness (QED) is 0.750. The Morgan fingerprint density at radius 1 is 1.40 bits per heavy atom. The van der Waals surface area contributed by atoms with E-state index in [1.165, 1.54) is 0 Å². The van der Waals surface area contributed by atoms with Crippen LogP contribution in [0, 0.1) is 5.41 Å². The summed E-state index contributed by atoms with van der Waals surface area (Å²) in [5.41, 5.74) is 3.51. The van der Waals surface area contributed by atoms with E-state index in [0.29, 0.717) is 5.71 Å². The van der Waals surface area contributed by atoms with Gasteiger partial charge in [0.15, 0.2) is 0 Å². The number of allylic oxidation sites excluding steroid dienone is 1. The molecule has 0 saturated carbocycles. The number of pyridine rings is 1. The highest BCUT2D eigenvalue weighted by molar-refractivity contribution is 6.11. The Labute approximate surface area is 89.3 Å². The van der Waals surface area contributed by atoms with Gasteiger partial charge in [-0.1, -0.05) is 6.58 Å². The van der Waals surface area contributed by atoms with Crippen LogP contribution in [-0.4, -0.2) is 29.2 Å². The molecular weight excluding hydrogens is 186 g/mol. The summed E-state index contributed by atoms with van der Waals surface area (Å²) in [7, 11) is 1.95.